The van der Waals surface area contributed by atoms with Gasteiger partial charge in [-0.1, -0.05) is 24.3 Å². The predicted molar refractivity (Wildman–Crippen MR) is 96.1 cm³/mol. The van der Waals surface area contributed by atoms with E-state index >= 15 is 0 Å². The molecule has 0 atom stereocenters. The Morgan fingerprint density at radius 2 is 1.63 bits per heavy atom. The Morgan fingerprint density at radius 1 is 0.963 bits per heavy atom. The third-order valence-electron chi connectivity index (χ3n) is 3.42. The molecular formula is C20H15NO6. The number of hydrogen-bond donors (Lipinski definition) is 0. The molecule has 0 N–H and O–H groups in total. The zero-order valence-electron chi connectivity index (χ0n) is 14.6. The molecule has 2 aromatic rings. The first kappa shape index (κ1) is 18.1. The minimum Gasteiger partial charge on any atom is -0.423 e. The highest BCUT2D eigenvalue weighted by Gasteiger charge is 2.24. The van der Waals surface area contributed by atoms with Gasteiger partial charge in [-0.15, -0.1) is 0 Å². The summed E-state index contributed by atoms with van der Waals surface area (Å²) < 4.78 is 15.3. The fourth-order valence-electron chi connectivity index (χ4n) is 2.36. The maximum atomic E-state index is 12.1. The highest BCUT2D eigenvalue weighted by molar-refractivity contribution is 6.12. The van der Waals surface area contributed by atoms with Crippen LogP contribution in [0, 0.1) is 0 Å². The average molecular weight is 365 g/mol. The van der Waals surface area contributed by atoms with E-state index in [-0.39, 0.29) is 23.1 Å². The Morgan fingerprint density at radius 3 is 2.30 bits per heavy atom. The molecule has 136 valence electrons. The van der Waals surface area contributed by atoms with E-state index in [4.69, 9.17) is 14.2 Å². The lowest BCUT2D eigenvalue weighted by Gasteiger charge is -2.09. The van der Waals surface area contributed by atoms with Crippen LogP contribution in [0.4, 0.5) is 0 Å². The summed E-state index contributed by atoms with van der Waals surface area (Å²) in [5, 5.41) is 0. The lowest BCUT2D eigenvalue weighted by molar-refractivity contribution is -0.134. The van der Waals surface area contributed by atoms with E-state index < -0.39 is 17.9 Å². The van der Waals surface area contributed by atoms with Gasteiger partial charge in [-0.2, -0.15) is 0 Å². The molecule has 0 aromatic heterocycles. The Hall–Kier alpha value is -3.74. The molecule has 0 radical (unpaired) electrons. The van der Waals surface area contributed by atoms with Crippen molar-refractivity contribution in [2.24, 2.45) is 4.99 Å². The van der Waals surface area contributed by atoms with E-state index in [2.05, 4.69) is 4.99 Å². The normalized spacial score (nSPS) is 14.5. The highest BCUT2D eigenvalue weighted by Crippen LogP contribution is 2.30. The van der Waals surface area contributed by atoms with E-state index in [9.17, 15) is 14.4 Å². The minimum absolute atomic E-state index is 0.0608. The number of aliphatic imine (C=N–C) groups is 1. The molecule has 0 saturated carbocycles. The zero-order chi connectivity index (χ0) is 19.4. The van der Waals surface area contributed by atoms with Crippen LogP contribution < -0.4 is 9.47 Å². The van der Waals surface area contributed by atoms with Gasteiger partial charge in [0, 0.05) is 19.4 Å². The molecule has 0 unspecified atom stereocenters. The largest absolute Gasteiger partial charge is 0.423 e. The first-order chi connectivity index (χ1) is 12.9. The second kappa shape index (κ2) is 7.65. The number of cyclic esters (lactones) is 1. The summed E-state index contributed by atoms with van der Waals surface area (Å²) in [6.45, 7) is 2.47. The number of esters is 3. The Kier molecular flexibility index (Phi) is 5.12. The van der Waals surface area contributed by atoms with Crippen LogP contribution in [-0.2, 0) is 19.1 Å². The van der Waals surface area contributed by atoms with Crippen molar-refractivity contribution in [1.29, 1.82) is 0 Å². The second-order valence-electron chi connectivity index (χ2n) is 5.60. The predicted octanol–water partition coefficient (Wildman–Crippen LogP) is 2.88. The van der Waals surface area contributed by atoms with Crippen molar-refractivity contribution in [3.05, 3.63) is 65.4 Å². The van der Waals surface area contributed by atoms with Gasteiger partial charge in [0.2, 0.25) is 5.90 Å². The minimum atomic E-state index is -0.591. The van der Waals surface area contributed by atoms with Crippen LogP contribution in [0.5, 0.6) is 11.5 Å². The van der Waals surface area contributed by atoms with E-state index in [0.717, 1.165) is 0 Å². The van der Waals surface area contributed by atoms with Crippen LogP contribution in [0.2, 0.25) is 0 Å². The molecule has 0 amide bonds. The van der Waals surface area contributed by atoms with Crippen molar-refractivity contribution in [3.63, 3.8) is 0 Å². The Labute approximate surface area is 154 Å². The van der Waals surface area contributed by atoms with Crippen molar-refractivity contribution in [2.45, 2.75) is 13.8 Å². The first-order valence-electron chi connectivity index (χ1n) is 8.01. The van der Waals surface area contributed by atoms with Crippen molar-refractivity contribution >= 4 is 29.9 Å². The number of rotatable bonds is 4. The Balaban J connectivity index is 1.94. The maximum Gasteiger partial charge on any atom is 0.363 e. The summed E-state index contributed by atoms with van der Waals surface area (Å²) in [6, 6.07) is 13.6. The fourth-order valence-corrected chi connectivity index (χ4v) is 2.36. The lowest BCUT2D eigenvalue weighted by Crippen LogP contribution is -2.07. The van der Waals surface area contributed by atoms with Crippen molar-refractivity contribution in [3.8, 4) is 11.5 Å². The van der Waals surface area contributed by atoms with Gasteiger partial charge < -0.3 is 14.2 Å². The fraction of sp³-hybridized carbons (Fsp3) is 0.100. The third kappa shape index (κ3) is 4.46. The molecule has 1 heterocycles. The summed E-state index contributed by atoms with van der Waals surface area (Å²) in [4.78, 5) is 38.7. The molecule has 0 bridgehead atoms. The summed E-state index contributed by atoms with van der Waals surface area (Å²) >= 11 is 0. The van der Waals surface area contributed by atoms with Gasteiger partial charge >= 0.3 is 17.9 Å². The molecule has 0 aliphatic carbocycles. The second-order valence-corrected chi connectivity index (χ2v) is 5.60. The van der Waals surface area contributed by atoms with Gasteiger partial charge in [0.15, 0.2) is 17.2 Å². The van der Waals surface area contributed by atoms with Gasteiger partial charge in [0.05, 0.1) is 0 Å². The summed E-state index contributed by atoms with van der Waals surface area (Å²) in [6.07, 6.45) is 1.49. The summed E-state index contributed by atoms with van der Waals surface area (Å²) in [5.41, 5.74) is 1.30. The molecule has 7 nitrogen and oxygen atoms in total. The number of carbonyl (C=O) groups excluding carboxylic acids is 3. The number of hydrogen-bond acceptors (Lipinski definition) is 7. The molecule has 3 rings (SSSR count). The van der Waals surface area contributed by atoms with E-state index in [1.165, 1.54) is 32.1 Å². The number of benzene rings is 2. The van der Waals surface area contributed by atoms with Crippen LogP contribution in [0.3, 0.4) is 0 Å². The summed E-state index contributed by atoms with van der Waals surface area (Å²) in [7, 11) is 0. The molecule has 7 heteroatoms. The van der Waals surface area contributed by atoms with Gasteiger partial charge in [0.1, 0.15) is 0 Å². The standard InChI is InChI=1S/C20H15NO6/c1-12(22)25-17-9-8-14(11-18(17)26-13(2)23)10-16-20(24)27-19(21-16)15-6-4-3-5-7-15/h3-11H,1-2H3/b16-10+. The molecule has 1 aliphatic heterocycles. The highest BCUT2D eigenvalue weighted by atomic mass is 16.6. The first-order valence-corrected chi connectivity index (χ1v) is 8.01. The molecule has 0 spiro atoms. The van der Waals surface area contributed by atoms with Crippen LogP contribution >= 0.6 is 0 Å². The van der Waals surface area contributed by atoms with Crippen LogP contribution in [0.15, 0.2) is 59.2 Å². The van der Waals surface area contributed by atoms with E-state index in [1.807, 2.05) is 18.2 Å². The monoisotopic (exact) mass is 365 g/mol. The quantitative estimate of drug-likeness (QED) is 0.470. The molecule has 0 saturated heterocycles. The van der Waals surface area contributed by atoms with Crippen LogP contribution in [-0.4, -0.2) is 23.8 Å². The topological polar surface area (TPSA) is 91.3 Å². The van der Waals surface area contributed by atoms with Crippen LogP contribution in [0.25, 0.3) is 6.08 Å². The van der Waals surface area contributed by atoms with Crippen molar-refractivity contribution in [2.75, 3.05) is 0 Å². The molecule has 1 aliphatic rings. The van der Waals surface area contributed by atoms with E-state index in [0.29, 0.717) is 11.1 Å². The smallest absolute Gasteiger partial charge is 0.363 e. The lowest BCUT2D eigenvalue weighted by atomic mass is 10.1. The molecule has 2 aromatic carbocycles. The summed E-state index contributed by atoms with van der Waals surface area (Å²) in [5.74, 6) is -1.34. The van der Waals surface area contributed by atoms with Gasteiger partial charge in [-0.05, 0) is 35.9 Å². The number of carbonyl (C=O) groups is 3. The average Bonchev–Trinajstić information content (AvgIpc) is 2.98. The van der Waals surface area contributed by atoms with Crippen LogP contribution in [0.1, 0.15) is 25.0 Å². The Bertz CT molecular complexity index is 975. The number of ether oxygens (including phenoxy) is 3. The molecule has 27 heavy (non-hydrogen) atoms. The zero-order valence-corrected chi connectivity index (χ0v) is 14.6. The SMILES string of the molecule is CC(=O)Oc1ccc(/C=C2/N=C(c3ccccc3)OC2=O)cc1OC(C)=O. The van der Waals surface area contributed by atoms with Gasteiger partial charge in [-0.25, -0.2) is 9.79 Å². The number of nitrogens with zero attached hydrogens (tertiary/aromatic N) is 1. The van der Waals surface area contributed by atoms with E-state index in [1.54, 1.807) is 18.2 Å². The van der Waals surface area contributed by atoms with Gasteiger partial charge in [0.25, 0.3) is 0 Å². The molecular weight excluding hydrogens is 350 g/mol. The third-order valence-corrected chi connectivity index (χ3v) is 3.42. The molecule has 0 fully saturated rings. The van der Waals surface area contributed by atoms with Gasteiger partial charge in [-0.3, -0.25) is 9.59 Å². The van der Waals surface area contributed by atoms with Crippen molar-refractivity contribution in [1.82, 2.24) is 0 Å². The maximum absolute atomic E-state index is 12.1. The van der Waals surface area contributed by atoms with Crippen molar-refractivity contribution < 1.29 is 28.6 Å².